The normalized spacial score (nSPS) is 13.8. The molecule has 1 N–H and O–H groups in total. The monoisotopic (exact) mass is 268 g/mol. The SMILES string of the molecule is CCS(=O)(=O)CCCC(O)CCOCCOC. The lowest BCUT2D eigenvalue weighted by Crippen LogP contribution is -2.15. The van der Waals surface area contributed by atoms with E-state index in [2.05, 4.69) is 0 Å². The molecule has 0 aromatic carbocycles. The van der Waals surface area contributed by atoms with Crippen molar-refractivity contribution in [3.8, 4) is 0 Å². The first-order valence-corrected chi connectivity index (χ1v) is 7.79. The number of sulfone groups is 1. The van der Waals surface area contributed by atoms with Gasteiger partial charge in [-0.3, -0.25) is 0 Å². The number of aliphatic hydroxyl groups is 1. The van der Waals surface area contributed by atoms with Crippen LogP contribution in [0.1, 0.15) is 26.2 Å². The van der Waals surface area contributed by atoms with Crippen LogP contribution in [0.2, 0.25) is 0 Å². The molecule has 0 saturated carbocycles. The molecule has 0 aliphatic carbocycles. The summed E-state index contributed by atoms with van der Waals surface area (Å²) in [6.07, 6.45) is 1.07. The Morgan fingerprint density at radius 1 is 1.18 bits per heavy atom. The van der Waals surface area contributed by atoms with Gasteiger partial charge in [-0.2, -0.15) is 0 Å². The second-order valence-electron chi connectivity index (χ2n) is 3.93. The number of methoxy groups -OCH3 is 1. The third kappa shape index (κ3) is 10.7. The molecular formula is C11H24O5S. The standard InChI is InChI=1S/C11H24O5S/c1-3-17(13,14)10-4-5-11(12)6-7-16-9-8-15-2/h11-12H,3-10H2,1-2H3. The van der Waals surface area contributed by atoms with Crippen LogP contribution in [0.25, 0.3) is 0 Å². The molecule has 0 aliphatic heterocycles. The molecule has 1 unspecified atom stereocenters. The Labute approximate surface area is 104 Å². The number of hydrogen-bond donors (Lipinski definition) is 1. The summed E-state index contributed by atoms with van der Waals surface area (Å²) in [5.74, 6) is 0.328. The molecule has 0 aliphatic rings. The van der Waals surface area contributed by atoms with Gasteiger partial charge in [0, 0.05) is 19.5 Å². The van der Waals surface area contributed by atoms with Gasteiger partial charge >= 0.3 is 0 Å². The van der Waals surface area contributed by atoms with E-state index in [1.54, 1.807) is 14.0 Å². The van der Waals surface area contributed by atoms with Crippen molar-refractivity contribution >= 4 is 9.84 Å². The second kappa shape index (κ2) is 9.82. The Bertz CT molecular complexity index is 263. The molecule has 5 nitrogen and oxygen atoms in total. The molecule has 0 amide bonds. The van der Waals surface area contributed by atoms with E-state index in [-0.39, 0.29) is 11.5 Å². The van der Waals surface area contributed by atoms with E-state index in [4.69, 9.17) is 9.47 Å². The summed E-state index contributed by atoms with van der Waals surface area (Å²) < 4.78 is 32.4. The third-order valence-electron chi connectivity index (χ3n) is 2.46. The maximum atomic E-state index is 11.2. The molecule has 0 saturated heterocycles. The van der Waals surface area contributed by atoms with Gasteiger partial charge in [0.1, 0.15) is 9.84 Å². The van der Waals surface area contributed by atoms with Gasteiger partial charge in [0.05, 0.1) is 25.1 Å². The predicted molar refractivity (Wildman–Crippen MR) is 66.9 cm³/mol. The summed E-state index contributed by atoms with van der Waals surface area (Å²) in [7, 11) is -1.30. The van der Waals surface area contributed by atoms with Gasteiger partial charge < -0.3 is 14.6 Å². The molecule has 6 heteroatoms. The van der Waals surface area contributed by atoms with Crippen molar-refractivity contribution in [2.24, 2.45) is 0 Å². The van der Waals surface area contributed by atoms with Crippen molar-refractivity contribution in [3.05, 3.63) is 0 Å². The number of rotatable bonds is 11. The first-order valence-electron chi connectivity index (χ1n) is 5.97. The first-order chi connectivity index (χ1) is 8.02. The van der Waals surface area contributed by atoms with Crippen molar-refractivity contribution in [2.45, 2.75) is 32.3 Å². The van der Waals surface area contributed by atoms with Crippen LogP contribution in [0.5, 0.6) is 0 Å². The lowest BCUT2D eigenvalue weighted by molar-refractivity contribution is 0.0459. The van der Waals surface area contributed by atoms with Crippen LogP contribution in [0.3, 0.4) is 0 Å². The molecule has 1 atom stereocenters. The summed E-state index contributed by atoms with van der Waals surface area (Å²) in [5, 5.41) is 9.57. The molecule has 0 aromatic rings. The fraction of sp³-hybridized carbons (Fsp3) is 1.00. The average molecular weight is 268 g/mol. The topological polar surface area (TPSA) is 72.8 Å². The molecule has 0 fully saturated rings. The minimum atomic E-state index is -2.91. The zero-order valence-corrected chi connectivity index (χ0v) is 11.5. The van der Waals surface area contributed by atoms with Gasteiger partial charge in [-0.1, -0.05) is 6.92 Å². The van der Waals surface area contributed by atoms with E-state index in [9.17, 15) is 13.5 Å². The van der Waals surface area contributed by atoms with Crippen LogP contribution >= 0.6 is 0 Å². The van der Waals surface area contributed by atoms with E-state index in [0.717, 1.165) is 0 Å². The molecule has 104 valence electrons. The summed E-state index contributed by atoms with van der Waals surface area (Å²) >= 11 is 0. The molecule has 17 heavy (non-hydrogen) atoms. The molecule has 0 aromatic heterocycles. The Morgan fingerprint density at radius 3 is 2.47 bits per heavy atom. The second-order valence-corrected chi connectivity index (χ2v) is 6.40. The van der Waals surface area contributed by atoms with Crippen molar-refractivity contribution in [2.75, 3.05) is 38.4 Å². The van der Waals surface area contributed by atoms with Gasteiger partial charge in [0.2, 0.25) is 0 Å². The van der Waals surface area contributed by atoms with Gasteiger partial charge in [0.25, 0.3) is 0 Å². The van der Waals surface area contributed by atoms with Crippen LogP contribution in [-0.4, -0.2) is 58.1 Å². The van der Waals surface area contributed by atoms with E-state index in [1.165, 1.54) is 0 Å². The Morgan fingerprint density at radius 2 is 1.88 bits per heavy atom. The van der Waals surface area contributed by atoms with E-state index in [0.29, 0.717) is 39.1 Å². The zero-order valence-electron chi connectivity index (χ0n) is 10.7. The third-order valence-corrected chi connectivity index (χ3v) is 4.25. The molecule has 0 spiro atoms. The highest BCUT2D eigenvalue weighted by molar-refractivity contribution is 7.91. The highest BCUT2D eigenvalue weighted by Crippen LogP contribution is 2.04. The minimum absolute atomic E-state index is 0.158. The smallest absolute Gasteiger partial charge is 0.150 e. The average Bonchev–Trinajstić information content (AvgIpc) is 2.28. The fourth-order valence-electron chi connectivity index (χ4n) is 1.29. The maximum absolute atomic E-state index is 11.2. The molecule has 0 radical (unpaired) electrons. The van der Waals surface area contributed by atoms with Crippen molar-refractivity contribution in [1.82, 2.24) is 0 Å². The number of aliphatic hydroxyl groups excluding tert-OH is 1. The van der Waals surface area contributed by atoms with Crippen LogP contribution in [0.4, 0.5) is 0 Å². The van der Waals surface area contributed by atoms with Crippen molar-refractivity contribution in [1.29, 1.82) is 0 Å². The Hall–Kier alpha value is -0.170. The molecular weight excluding hydrogens is 244 g/mol. The summed E-state index contributed by atoms with van der Waals surface area (Å²) in [6, 6.07) is 0. The number of hydrogen-bond acceptors (Lipinski definition) is 5. The summed E-state index contributed by atoms with van der Waals surface area (Å²) in [4.78, 5) is 0. The fourth-order valence-corrected chi connectivity index (χ4v) is 2.19. The highest BCUT2D eigenvalue weighted by Gasteiger charge is 2.09. The van der Waals surface area contributed by atoms with E-state index >= 15 is 0 Å². The Kier molecular flexibility index (Phi) is 9.72. The van der Waals surface area contributed by atoms with Crippen LogP contribution in [0.15, 0.2) is 0 Å². The summed E-state index contributed by atoms with van der Waals surface area (Å²) in [5.41, 5.74) is 0. The summed E-state index contributed by atoms with van der Waals surface area (Å²) in [6.45, 7) is 3.18. The maximum Gasteiger partial charge on any atom is 0.150 e. The van der Waals surface area contributed by atoms with Crippen LogP contribution in [-0.2, 0) is 19.3 Å². The van der Waals surface area contributed by atoms with Crippen molar-refractivity contribution in [3.63, 3.8) is 0 Å². The van der Waals surface area contributed by atoms with E-state index < -0.39 is 15.9 Å². The van der Waals surface area contributed by atoms with E-state index in [1.807, 2.05) is 0 Å². The molecule has 0 rings (SSSR count). The number of ether oxygens (including phenoxy) is 2. The molecule has 0 bridgehead atoms. The lowest BCUT2D eigenvalue weighted by atomic mass is 10.1. The lowest BCUT2D eigenvalue weighted by Gasteiger charge is -2.10. The van der Waals surface area contributed by atoms with Gasteiger partial charge in [-0.05, 0) is 19.3 Å². The van der Waals surface area contributed by atoms with Crippen LogP contribution < -0.4 is 0 Å². The minimum Gasteiger partial charge on any atom is -0.393 e. The van der Waals surface area contributed by atoms with Crippen molar-refractivity contribution < 1.29 is 23.0 Å². The quantitative estimate of drug-likeness (QED) is 0.556. The largest absolute Gasteiger partial charge is 0.393 e. The first kappa shape index (κ1) is 16.8. The predicted octanol–water partition coefficient (Wildman–Crippen LogP) is 0.615. The van der Waals surface area contributed by atoms with Gasteiger partial charge in [-0.15, -0.1) is 0 Å². The van der Waals surface area contributed by atoms with Gasteiger partial charge in [0.15, 0.2) is 0 Å². The highest BCUT2D eigenvalue weighted by atomic mass is 32.2. The zero-order chi connectivity index (χ0) is 13.1. The van der Waals surface area contributed by atoms with Crippen LogP contribution in [0, 0.1) is 0 Å². The molecule has 0 heterocycles. The van der Waals surface area contributed by atoms with Gasteiger partial charge in [-0.25, -0.2) is 8.42 Å². The Balaban J connectivity index is 3.44.